The molecule has 0 aliphatic heterocycles. The number of rotatable bonds is 3. The SMILES string of the molecule is O=CC=Cc1ccc(Cl)c([N+](=O)[O-])c1. The number of hydrogen-bond acceptors (Lipinski definition) is 3. The normalized spacial score (nSPS) is 10.4. The zero-order valence-electron chi connectivity index (χ0n) is 7.01. The molecule has 0 fully saturated rings. The molecule has 72 valence electrons. The molecule has 1 aromatic carbocycles. The summed E-state index contributed by atoms with van der Waals surface area (Å²) in [6.45, 7) is 0. The van der Waals surface area contributed by atoms with E-state index in [1.165, 1.54) is 24.3 Å². The molecule has 0 atom stereocenters. The first-order chi connectivity index (χ1) is 6.65. The molecule has 0 saturated carbocycles. The number of nitro groups is 1. The predicted octanol–water partition coefficient (Wildman–Crippen LogP) is 2.46. The fraction of sp³-hybridized carbons (Fsp3) is 0. The van der Waals surface area contributed by atoms with Gasteiger partial charge in [0.25, 0.3) is 5.69 Å². The van der Waals surface area contributed by atoms with Crippen LogP contribution in [0.15, 0.2) is 24.3 Å². The van der Waals surface area contributed by atoms with Gasteiger partial charge in [0.2, 0.25) is 0 Å². The Morgan fingerprint density at radius 2 is 2.14 bits per heavy atom. The average molecular weight is 212 g/mol. The number of allylic oxidation sites excluding steroid dienone is 1. The molecule has 0 amide bonds. The van der Waals surface area contributed by atoms with Gasteiger partial charge in [-0.05, 0) is 17.7 Å². The molecule has 5 heteroatoms. The molecule has 0 saturated heterocycles. The molecule has 1 rings (SSSR count). The van der Waals surface area contributed by atoms with Gasteiger partial charge < -0.3 is 0 Å². The van der Waals surface area contributed by atoms with Gasteiger partial charge in [-0.2, -0.15) is 0 Å². The van der Waals surface area contributed by atoms with E-state index < -0.39 is 4.92 Å². The molecule has 0 heterocycles. The number of carbonyl (C=O) groups is 1. The van der Waals surface area contributed by atoms with E-state index in [1.807, 2.05) is 0 Å². The van der Waals surface area contributed by atoms with Crippen LogP contribution in [-0.2, 0) is 4.79 Å². The van der Waals surface area contributed by atoms with Gasteiger partial charge in [0.15, 0.2) is 0 Å². The number of benzene rings is 1. The van der Waals surface area contributed by atoms with E-state index in [0.717, 1.165) is 0 Å². The third-order valence-corrected chi connectivity index (χ3v) is 1.85. The molecule has 0 unspecified atom stereocenters. The van der Waals surface area contributed by atoms with E-state index in [0.29, 0.717) is 11.8 Å². The van der Waals surface area contributed by atoms with Crippen LogP contribution < -0.4 is 0 Å². The molecular weight excluding hydrogens is 206 g/mol. The van der Waals surface area contributed by atoms with Crippen LogP contribution in [0.5, 0.6) is 0 Å². The van der Waals surface area contributed by atoms with Crippen LogP contribution in [0.3, 0.4) is 0 Å². The Kier molecular flexibility index (Phi) is 3.36. The molecule has 0 N–H and O–H groups in total. The summed E-state index contributed by atoms with van der Waals surface area (Å²) in [7, 11) is 0. The number of hydrogen-bond donors (Lipinski definition) is 0. The number of nitro benzene ring substituents is 1. The van der Waals surface area contributed by atoms with Gasteiger partial charge >= 0.3 is 0 Å². The quantitative estimate of drug-likeness (QED) is 0.334. The van der Waals surface area contributed by atoms with Gasteiger partial charge in [0.05, 0.1) is 4.92 Å². The van der Waals surface area contributed by atoms with Crippen LogP contribution in [0.4, 0.5) is 5.69 Å². The summed E-state index contributed by atoms with van der Waals surface area (Å²) >= 11 is 5.59. The number of halogens is 1. The Morgan fingerprint density at radius 3 is 2.71 bits per heavy atom. The van der Waals surface area contributed by atoms with Crippen molar-refractivity contribution in [1.82, 2.24) is 0 Å². The highest BCUT2D eigenvalue weighted by molar-refractivity contribution is 6.32. The molecular formula is C9H6ClNO3. The lowest BCUT2D eigenvalue weighted by molar-refractivity contribution is -0.384. The van der Waals surface area contributed by atoms with Crippen LogP contribution in [0.1, 0.15) is 5.56 Å². The standard InChI is InChI=1S/C9H6ClNO3/c10-8-4-3-7(2-1-5-12)6-9(8)11(13)14/h1-6H. The molecule has 0 aromatic heterocycles. The van der Waals surface area contributed by atoms with Gasteiger partial charge in [0.1, 0.15) is 11.3 Å². The van der Waals surface area contributed by atoms with Crippen LogP contribution in [0.2, 0.25) is 5.02 Å². The maximum Gasteiger partial charge on any atom is 0.288 e. The summed E-state index contributed by atoms with van der Waals surface area (Å²) in [6.07, 6.45) is 3.32. The first kappa shape index (κ1) is 10.4. The molecule has 14 heavy (non-hydrogen) atoms. The van der Waals surface area contributed by atoms with E-state index in [1.54, 1.807) is 6.07 Å². The van der Waals surface area contributed by atoms with E-state index in [2.05, 4.69) is 0 Å². The van der Waals surface area contributed by atoms with Gasteiger partial charge in [0, 0.05) is 6.07 Å². The fourth-order valence-corrected chi connectivity index (χ4v) is 1.11. The maximum absolute atomic E-state index is 10.5. The van der Waals surface area contributed by atoms with Crippen molar-refractivity contribution in [2.24, 2.45) is 0 Å². The monoisotopic (exact) mass is 211 g/mol. The summed E-state index contributed by atoms with van der Waals surface area (Å²) in [5.74, 6) is 0. The molecule has 4 nitrogen and oxygen atoms in total. The second-order valence-electron chi connectivity index (χ2n) is 2.46. The first-order valence-corrected chi connectivity index (χ1v) is 4.08. The zero-order valence-corrected chi connectivity index (χ0v) is 7.77. The molecule has 0 aliphatic rings. The highest BCUT2D eigenvalue weighted by Gasteiger charge is 2.11. The lowest BCUT2D eigenvalue weighted by Gasteiger charge is -1.96. The summed E-state index contributed by atoms with van der Waals surface area (Å²) in [5.41, 5.74) is 0.396. The van der Waals surface area contributed by atoms with Gasteiger partial charge in [-0.1, -0.05) is 23.7 Å². The second kappa shape index (κ2) is 4.53. The third-order valence-electron chi connectivity index (χ3n) is 1.53. The van der Waals surface area contributed by atoms with E-state index in [9.17, 15) is 14.9 Å². The van der Waals surface area contributed by atoms with Crippen molar-refractivity contribution in [2.45, 2.75) is 0 Å². The zero-order chi connectivity index (χ0) is 10.6. The largest absolute Gasteiger partial charge is 0.299 e. The van der Waals surface area contributed by atoms with Crippen LogP contribution in [-0.4, -0.2) is 11.2 Å². The Hall–Kier alpha value is -1.68. The van der Waals surface area contributed by atoms with Crippen molar-refractivity contribution in [3.63, 3.8) is 0 Å². The summed E-state index contributed by atoms with van der Waals surface area (Å²) in [5, 5.41) is 10.6. The van der Waals surface area contributed by atoms with Gasteiger partial charge in [-0.3, -0.25) is 14.9 Å². The summed E-state index contributed by atoms with van der Waals surface area (Å²) < 4.78 is 0. The molecule has 0 bridgehead atoms. The lowest BCUT2D eigenvalue weighted by atomic mass is 10.2. The minimum Gasteiger partial charge on any atom is -0.299 e. The lowest BCUT2D eigenvalue weighted by Crippen LogP contribution is -1.89. The average Bonchev–Trinajstić information content (AvgIpc) is 2.16. The van der Waals surface area contributed by atoms with Crippen molar-refractivity contribution in [3.8, 4) is 0 Å². The Balaban J connectivity index is 3.12. The number of aldehydes is 1. The van der Waals surface area contributed by atoms with Crippen molar-refractivity contribution in [2.75, 3.05) is 0 Å². The minimum absolute atomic E-state index is 0.0817. The Morgan fingerprint density at radius 1 is 1.43 bits per heavy atom. The van der Waals surface area contributed by atoms with E-state index >= 15 is 0 Å². The van der Waals surface area contributed by atoms with Gasteiger partial charge in [-0.15, -0.1) is 0 Å². The molecule has 0 radical (unpaired) electrons. The van der Waals surface area contributed by atoms with Crippen molar-refractivity contribution >= 4 is 29.7 Å². The highest BCUT2D eigenvalue weighted by atomic mass is 35.5. The van der Waals surface area contributed by atoms with Crippen LogP contribution in [0.25, 0.3) is 6.08 Å². The third kappa shape index (κ3) is 2.40. The van der Waals surface area contributed by atoms with E-state index in [-0.39, 0.29) is 10.7 Å². The van der Waals surface area contributed by atoms with Crippen molar-refractivity contribution < 1.29 is 9.72 Å². The Labute approximate surface area is 85.0 Å². The topological polar surface area (TPSA) is 60.2 Å². The first-order valence-electron chi connectivity index (χ1n) is 3.71. The molecule has 1 aromatic rings. The minimum atomic E-state index is -0.569. The fourth-order valence-electron chi connectivity index (χ4n) is 0.924. The predicted molar refractivity (Wildman–Crippen MR) is 53.2 cm³/mol. The van der Waals surface area contributed by atoms with Gasteiger partial charge in [-0.25, -0.2) is 0 Å². The smallest absolute Gasteiger partial charge is 0.288 e. The number of nitrogens with zero attached hydrogens (tertiary/aromatic N) is 1. The van der Waals surface area contributed by atoms with Crippen LogP contribution >= 0.6 is 11.6 Å². The summed E-state index contributed by atoms with van der Waals surface area (Å²) in [6, 6.07) is 4.32. The van der Waals surface area contributed by atoms with Crippen molar-refractivity contribution in [3.05, 3.63) is 45.0 Å². The molecule has 0 spiro atoms. The molecule has 0 aliphatic carbocycles. The van der Waals surface area contributed by atoms with Crippen LogP contribution in [0, 0.1) is 10.1 Å². The second-order valence-corrected chi connectivity index (χ2v) is 2.87. The summed E-state index contributed by atoms with van der Waals surface area (Å²) in [4.78, 5) is 19.9. The van der Waals surface area contributed by atoms with Crippen molar-refractivity contribution in [1.29, 1.82) is 0 Å². The maximum atomic E-state index is 10.5. The number of carbonyl (C=O) groups excluding carboxylic acids is 1. The van der Waals surface area contributed by atoms with E-state index in [4.69, 9.17) is 11.6 Å². The Bertz CT molecular complexity index is 401. The highest BCUT2D eigenvalue weighted by Crippen LogP contribution is 2.25.